The van der Waals surface area contributed by atoms with Crippen molar-refractivity contribution < 1.29 is 4.79 Å². The van der Waals surface area contributed by atoms with E-state index < -0.39 is 0 Å². The van der Waals surface area contributed by atoms with E-state index in [9.17, 15) is 4.79 Å². The van der Waals surface area contributed by atoms with Crippen molar-refractivity contribution >= 4 is 17.5 Å². The van der Waals surface area contributed by atoms with Gasteiger partial charge in [0.2, 0.25) is 0 Å². The molecule has 2 fully saturated rings. The van der Waals surface area contributed by atoms with E-state index in [4.69, 9.17) is 0 Å². The van der Waals surface area contributed by atoms with Crippen LogP contribution in [0.4, 0.5) is 11.6 Å². The number of rotatable bonds is 4. The third-order valence-corrected chi connectivity index (χ3v) is 5.36. The monoisotopic (exact) mass is 351 g/mol. The van der Waals surface area contributed by atoms with E-state index in [1.54, 1.807) is 12.4 Å². The van der Waals surface area contributed by atoms with Crippen molar-refractivity contribution in [1.82, 2.24) is 14.9 Å². The molecule has 1 N–H and O–H groups in total. The van der Waals surface area contributed by atoms with E-state index in [-0.39, 0.29) is 11.9 Å². The lowest BCUT2D eigenvalue weighted by Crippen LogP contribution is -2.31. The van der Waals surface area contributed by atoms with Gasteiger partial charge in [0.15, 0.2) is 0 Å². The molecule has 2 saturated heterocycles. The molecule has 6 heteroatoms. The van der Waals surface area contributed by atoms with Gasteiger partial charge >= 0.3 is 0 Å². The number of anilines is 2. The Kier molecular flexibility index (Phi) is 4.73. The highest BCUT2D eigenvalue weighted by Crippen LogP contribution is 2.34. The Hall–Kier alpha value is -2.63. The second-order valence-electron chi connectivity index (χ2n) is 6.98. The number of aromatic nitrogens is 2. The van der Waals surface area contributed by atoms with Crippen molar-refractivity contribution in [3.8, 4) is 0 Å². The predicted molar refractivity (Wildman–Crippen MR) is 102 cm³/mol. The average molecular weight is 351 g/mol. The number of pyridine rings is 2. The maximum absolute atomic E-state index is 13.2. The lowest BCUT2D eigenvalue weighted by Gasteiger charge is -2.26. The Morgan fingerprint density at radius 2 is 1.88 bits per heavy atom. The van der Waals surface area contributed by atoms with Crippen LogP contribution in [0.15, 0.2) is 36.7 Å². The van der Waals surface area contributed by atoms with Gasteiger partial charge in [-0.3, -0.25) is 4.79 Å². The predicted octanol–water partition coefficient (Wildman–Crippen LogP) is 3.10. The number of amides is 1. The number of nitrogens with zero attached hydrogens (tertiary/aromatic N) is 4. The highest BCUT2D eigenvalue weighted by molar-refractivity contribution is 5.95. The second kappa shape index (κ2) is 7.32. The van der Waals surface area contributed by atoms with E-state index in [2.05, 4.69) is 20.2 Å². The van der Waals surface area contributed by atoms with Crippen molar-refractivity contribution in [2.75, 3.05) is 36.9 Å². The normalized spacial score (nSPS) is 19.8. The summed E-state index contributed by atoms with van der Waals surface area (Å²) in [5.41, 5.74) is 1.88. The molecule has 26 heavy (non-hydrogen) atoms. The number of hydrogen-bond donors (Lipinski definition) is 1. The quantitative estimate of drug-likeness (QED) is 0.917. The summed E-state index contributed by atoms with van der Waals surface area (Å²) >= 11 is 0. The number of likely N-dealkylation sites (tertiary alicyclic amines) is 1. The topological polar surface area (TPSA) is 61.4 Å². The summed E-state index contributed by atoms with van der Waals surface area (Å²) in [5.74, 6) is 1.85. The molecule has 1 unspecified atom stereocenters. The van der Waals surface area contributed by atoms with Crippen LogP contribution in [0.2, 0.25) is 0 Å². The van der Waals surface area contributed by atoms with Crippen LogP contribution in [0.1, 0.15) is 47.6 Å². The second-order valence-corrected chi connectivity index (χ2v) is 6.98. The van der Waals surface area contributed by atoms with Gasteiger partial charge in [0.1, 0.15) is 11.6 Å². The number of carbonyl (C=O) groups is 1. The van der Waals surface area contributed by atoms with E-state index in [0.717, 1.165) is 55.2 Å². The summed E-state index contributed by atoms with van der Waals surface area (Å²) in [6.07, 6.45) is 7.98. The lowest BCUT2D eigenvalue weighted by molar-refractivity contribution is 0.0735. The van der Waals surface area contributed by atoms with Crippen LogP contribution in [0, 0.1) is 0 Å². The first-order valence-electron chi connectivity index (χ1n) is 9.42. The Labute approximate surface area is 154 Å². The van der Waals surface area contributed by atoms with Crippen LogP contribution in [-0.2, 0) is 0 Å². The molecule has 0 bridgehead atoms. The zero-order chi connectivity index (χ0) is 17.9. The third-order valence-electron chi connectivity index (χ3n) is 5.36. The van der Waals surface area contributed by atoms with Gasteiger partial charge in [-0.25, -0.2) is 9.97 Å². The molecule has 1 amide bonds. The Morgan fingerprint density at radius 3 is 2.69 bits per heavy atom. The maximum atomic E-state index is 13.2. The summed E-state index contributed by atoms with van der Waals surface area (Å²) in [6.45, 7) is 2.85. The van der Waals surface area contributed by atoms with Gasteiger partial charge in [-0.2, -0.15) is 0 Å². The molecule has 4 heterocycles. The van der Waals surface area contributed by atoms with Crippen molar-refractivity contribution in [2.24, 2.45) is 0 Å². The van der Waals surface area contributed by atoms with Crippen molar-refractivity contribution in [3.63, 3.8) is 0 Å². The molecule has 2 aliphatic rings. The van der Waals surface area contributed by atoms with Gasteiger partial charge in [-0.1, -0.05) is 0 Å². The Morgan fingerprint density at radius 1 is 1.08 bits per heavy atom. The smallest absolute Gasteiger partial charge is 0.254 e. The summed E-state index contributed by atoms with van der Waals surface area (Å²) in [4.78, 5) is 26.2. The van der Waals surface area contributed by atoms with E-state index in [1.165, 1.54) is 12.8 Å². The number of nitrogens with one attached hydrogen (secondary N) is 1. The molecule has 2 aromatic rings. The highest BCUT2D eigenvalue weighted by atomic mass is 16.2. The molecular formula is C20H25N5O. The average Bonchev–Trinajstić information content (AvgIpc) is 3.39. The van der Waals surface area contributed by atoms with Crippen LogP contribution < -0.4 is 10.2 Å². The minimum atomic E-state index is 0.0955. The Bertz CT molecular complexity index is 787. The van der Waals surface area contributed by atoms with Crippen LogP contribution >= 0.6 is 0 Å². The molecule has 0 aromatic carbocycles. The third kappa shape index (κ3) is 3.23. The fraction of sp³-hybridized carbons (Fsp3) is 0.450. The standard InChI is InChI=1S/C20H25N5O/c1-21-18-13-15(6-8-22-18)17-5-4-12-25(17)20(26)16-7-9-23-19(14-16)24-10-2-3-11-24/h6-9,13-14,17H,2-5,10-12H2,1H3,(H,21,22). The Balaban J connectivity index is 1.57. The first-order chi connectivity index (χ1) is 12.8. The largest absolute Gasteiger partial charge is 0.373 e. The van der Waals surface area contributed by atoms with E-state index in [1.807, 2.05) is 36.2 Å². The first kappa shape index (κ1) is 16.8. The molecule has 136 valence electrons. The first-order valence-corrected chi connectivity index (χ1v) is 9.42. The van der Waals surface area contributed by atoms with E-state index in [0.29, 0.717) is 0 Å². The van der Waals surface area contributed by atoms with Gasteiger partial charge in [-0.05, 0) is 55.5 Å². The molecule has 0 saturated carbocycles. The molecule has 0 radical (unpaired) electrons. The molecule has 6 nitrogen and oxygen atoms in total. The van der Waals surface area contributed by atoms with E-state index >= 15 is 0 Å². The molecule has 4 rings (SSSR count). The van der Waals surface area contributed by atoms with Crippen molar-refractivity contribution in [2.45, 2.75) is 31.7 Å². The van der Waals surface area contributed by atoms with Crippen molar-refractivity contribution in [3.05, 3.63) is 47.8 Å². The summed E-state index contributed by atoms with van der Waals surface area (Å²) < 4.78 is 0. The molecule has 1 atom stereocenters. The van der Waals surface area contributed by atoms with Gasteiger partial charge in [0.25, 0.3) is 5.91 Å². The molecule has 0 aliphatic carbocycles. The highest BCUT2D eigenvalue weighted by Gasteiger charge is 2.31. The summed E-state index contributed by atoms with van der Waals surface area (Å²) in [6, 6.07) is 7.95. The van der Waals surface area contributed by atoms with Crippen LogP contribution in [0.25, 0.3) is 0 Å². The van der Waals surface area contributed by atoms with Gasteiger partial charge < -0.3 is 15.1 Å². The maximum Gasteiger partial charge on any atom is 0.254 e. The molecule has 2 aliphatic heterocycles. The SMILES string of the molecule is CNc1cc(C2CCCN2C(=O)c2ccnc(N3CCCC3)c2)ccn1. The van der Waals surface area contributed by atoms with Gasteiger partial charge in [0.05, 0.1) is 6.04 Å². The van der Waals surface area contributed by atoms with Crippen LogP contribution in [0.3, 0.4) is 0 Å². The fourth-order valence-corrected chi connectivity index (χ4v) is 3.98. The molecule has 2 aromatic heterocycles. The lowest BCUT2D eigenvalue weighted by atomic mass is 10.1. The van der Waals surface area contributed by atoms with Gasteiger partial charge in [0, 0.05) is 44.6 Å². The van der Waals surface area contributed by atoms with Gasteiger partial charge in [-0.15, -0.1) is 0 Å². The molecular weight excluding hydrogens is 326 g/mol. The zero-order valence-electron chi connectivity index (χ0n) is 15.2. The molecule has 0 spiro atoms. The minimum absolute atomic E-state index is 0.0955. The minimum Gasteiger partial charge on any atom is -0.373 e. The zero-order valence-corrected chi connectivity index (χ0v) is 15.2. The number of hydrogen-bond acceptors (Lipinski definition) is 5. The summed E-state index contributed by atoms with van der Waals surface area (Å²) in [7, 11) is 1.86. The summed E-state index contributed by atoms with van der Waals surface area (Å²) in [5, 5.41) is 3.08. The van der Waals surface area contributed by atoms with Crippen LogP contribution in [-0.4, -0.2) is 47.5 Å². The fourth-order valence-electron chi connectivity index (χ4n) is 3.98. The number of carbonyl (C=O) groups excluding carboxylic acids is 1. The van der Waals surface area contributed by atoms with Crippen LogP contribution in [0.5, 0.6) is 0 Å². The van der Waals surface area contributed by atoms with Crippen molar-refractivity contribution in [1.29, 1.82) is 0 Å².